The number of aromatic nitrogens is 1. The molecule has 0 aliphatic carbocycles. The number of nitrogens with zero attached hydrogens (tertiary/aromatic N) is 3. The highest BCUT2D eigenvalue weighted by Crippen LogP contribution is 2.30. The second kappa shape index (κ2) is 11.7. The maximum atomic E-state index is 13.6. The summed E-state index contributed by atoms with van der Waals surface area (Å²) in [5, 5.41) is 4.59. The Morgan fingerprint density at radius 3 is 2.23 bits per heavy atom. The number of halogens is 2. The molecule has 0 unspecified atom stereocenters. The van der Waals surface area contributed by atoms with E-state index in [4.69, 9.17) is 23.2 Å². The molecule has 1 amide bonds. The number of sulfonamides is 1. The highest BCUT2D eigenvalue weighted by Gasteiger charge is 2.28. The molecule has 0 spiro atoms. The number of para-hydroxylation sites is 1. The first-order chi connectivity index (χ1) is 18.5. The van der Waals surface area contributed by atoms with Gasteiger partial charge in [0, 0.05) is 32.7 Å². The standard InChI is InChI=1S/C29H28Cl2N4O3S/c1-19-9-11-27(12-10-19)39(37,38)34(26-15-24(30)14-25(31)16-26)18-29(36)33-32-17-23-13-21(3)35(22(23)4)28-8-6-5-7-20(28)2/h5-17H,18H2,1-4H3,(H,33,36)/b32-17-. The van der Waals surface area contributed by atoms with E-state index < -0.39 is 22.5 Å². The van der Waals surface area contributed by atoms with Crippen LogP contribution in [0.15, 0.2) is 82.8 Å². The van der Waals surface area contributed by atoms with Crippen LogP contribution in [0.5, 0.6) is 0 Å². The molecule has 7 nitrogen and oxygen atoms in total. The van der Waals surface area contributed by atoms with Gasteiger partial charge in [-0.2, -0.15) is 5.10 Å². The van der Waals surface area contributed by atoms with Crippen molar-refractivity contribution in [1.82, 2.24) is 9.99 Å². The average molecular weight is 584 g/mol. The van der Waals surface area contributed by atoms with Gasteiger partial charge in [0.15, 0.2) is 0 Å². The van der Waals surface area contributed by atoms with E-state index in [1.807, 2.05) is 58.0 Å². The summed E-state index contributed by atoms with van der Waals surface area (Å²) in [5.41, 5.74) is 8.50. The Balaban J connectivity index is 1.58. The van der Waals surface area contributed by atoms with Crippen molar-refractivity contribution in [1.29, 1.82) is 0 Å². The minimum atomic E-state index is -4.12. The molecule has 10 heteroatoms. The van der Waals surface area contributed by atoms with Crippen LogP contribution < -0.4 is 9.73 Å². The number of hydrogen-bond acceptors (Lipinski definition) is 4. The lowest BCUT2D eigenvalue weighted by molar-refractivity contribution is -0.119. The molecule has 0 aliphatic heterocycles. The molecule has 0 aliphatic rings. The molecule has 0 saturated carbocycles. The summed E-state index contributed by atoms with van der Waals surface area (Å²) in [6, 6.07) is 20.8. The Kier molecular flexibility index (Phi) is 8.49. The molecule has 39 heavy (non-hydrogen) atoms. The Labute approximate surface area is 238 Å². The summed E-state index contributed by atoms with van der Waals surface area (Å²) in [6.45, 7) is 7.34. The highest BCUT2D eigenvalue weighted by molar-refractivity contribution is 7.92. The second-order valence-electron chi connectivity index (χ2n) is 9.19. The number of aryl methyl sites for hydroxylation is 3. The van der Waals surface area contributed by atoms with Gasteiger partial charge in [-0.15, -0.1) is 0 Å². The van der Waals surface area contributed by atoms with Gasteiger partial charge >= 0.3 is 0 Å². The number of amides is 1. The zero-order valence-corrected chi connectivity index (χ0v) is 24.3. The van der Waals surface area contributed by atoms with Gasteiger partial charge in [0.05, 0.1) is 16.8 Å². The number of nitrogens with one attached hydrogen (secondary N) is 1. The molecular formula is C29H28Cl2N4O3S. The number of hydrazone groups is 1. The predicted molar refractivity (Wildman–Crippen MR) is 158 cm³/mol. The summed E-state index contributed by atoms with van der Waals surface area (Å²) in [6.07, 6.45) is 1.55. The van der Waals surface area contributed by atoms with Crippen LogP contribution in [0, 0.1) is 27.7 Å². The third kappa shape index (κ3) is 6.36. The van der Waals surface area contributed by atoms with Crippen molar-refractivity contribution in [3.63, 3.8) is 0 Å². The lowest BCUT2D eigenvalue weighted by Crippen LogP contribution is -2.39. The summed E-state index contributed by atoms with van der Waals surface area (Å²) in [4.78, 5) is 13.0. The molecule has 202 valence electrons. The summed E-state index contributed by atoms with van der Waals surface area (Å²) < 4.78 is 30.2. The fourth-order valence-corrected chi connectivity index (χ4v) is 6.20. The first-order valence-electron chi connectivity index (χ1n) is 12.1. The zero-order chi connectivity index (χ0) is 28.3. The average Bonchev–Trinajstić information content (AvgIpc) is 3.15. The third-order valence-corrected chi connectivity index (χ3v) is 8.48. The van der Waals surface area contributed by atoms with Crippen LogP contribution in [0.4, 0.5) is 5.69 Å². The number of anilines is 1. The van der Waals surface area contributed by atoms with Gasteiger partial charge in [0.2, 0.25) is 0 Å². The van der Waals surface area contributed by atoms with Crippen molar-refractivity contribution in [3.05, 3.63) is 111 Å². The van der Waals surface area contributed by atoms with E-state index in [0.29, 0.717) is 0 Å². The van der Waals surface area contributed by atoms with Crippen molar-refractivity contribution in [3.8, 4) is 5.69 Å². The maximum absolute atomic E-state index is 13.6. The molecule has 1 heterocycles. The van der Waals surface area contributed by atoms with Gasteiger partial charge in [0.1, 0.15) is 6.54 Å². The van der Waals surface area contributed by atoms with E-state index in [1.165, 1.54) is 30.3 Å². The normalized spacial score (nSPS) is 11.6. The van der Waals surface area contributed by atoms with Gasteiger partial charge in [-0.25, -0.2) is 13.8 Å². The zero-order valence-electron chi connectivity index (χ0n) is 21.9. The van der Waals surface area contributed by atoms with Crippen LogP contribution in [-0.2, 0) is 14.8 Å². The topological polar surface area (TPSA) is 83.8 Å². The molecule has 3 aromatic carbocycles. The highest BCUT2D eigenvalue weighted by atomic mass is 35.5. The predicted octanol–water partition coefficient (Wildman–Crippen LogP) is 6.36. The molecule has 4 aromatic rings. The van der Waals surface area contributed by atoms with Crippen LogP contribution in [0.2, 0.25) is 10.0 Å². The third-order valence-electron chi connectivity index (χ3n) is 6.25. The maximum Gasteiger partial charge on any atom is 0.264 e. The summed E-state index contributed by atoms with van der Waals surface area (Å²) >= 11 is 12.3. The number of hydrogen-bond donors (Lipinski definition) is 1. The van der Waals surface area contributed by atoms with Crippen molar-refractivity contribution < 1.29 is 13.2 Å². The largest absolute Gasteiger partial charge is 0.318 e. The van der Waals surface area contributed by atoms with Crippen LogP contribution in [0.3, 0.4) is 0 Å². The monoisotopic (exact) mass is 582 g/mol. The summed E-state index contributed by atoms with van der Waals surface area (Å²) in [7, 11) is -4.12. The minimum absolute atomic E-state index is 0.0316. The van der Waals surface area contributed by atoms with Crippen LogP contribution in [-0.4, -0.2) is 31.7 Å². The Morgan fingerprint density at radius 1 is 0.949 bits per heavy atom. The van der Waals surface area contributed by atoms with E-state index in [1.54, 1.807) is 18.3 Å². The molecule has 0 atom stereocenters. The van der Waals surface area contributed by atoms with Crippen molar-refractivity contribution in [2.45, 2.75) is 32.6 Å². The van der Waals surface area contributed by atoms with Gasteiger partial charge in [-0.3, -0.25) is 9.10 Å². The summed E-state index contributed by atoms with van der Waals surface area (Å²) in [5.74, 6) is -0.634. The van der Waals surface area contributed by atoms with Gasteiger partial charge in [0.25, 0.3) is 15.9 Å². The molecule has 0 fully saturated rings. The number of carbonyl (C=O) groups is 1. The Morgan fingerprint density at radius 2 is 1.59 bits per heavy atom. The Bertz CT molecular complexity index is 1640. The molecule has 1 aromatic heterocycles. The number of rotatable bonds is 8. The fraction of sp³-hybridized carbons (Fsp3) is 0.172. The molecule has 1 N–H and O–H groups in total. The smallest absolute Gasteiger partial charge is 0.264 e. The van der Waals surface area contributed by atoms with Crippen LogP contribution >= 0.6 is 23.2 Å². The van der Waals surface area contributed by atoms with E-state index in [-0.39, 0.29) is 20.6 Å². The lowest BCUT2D eigenvalue weighted by atomic mass is 10.2. The van der Waals surface area contributed by atoms with Gasteiger partial charge in [-0.05, 0) is 75.7 Å². The lowest BCUT2D eigenvalue weighted by Gasteiger charge is -2.24. The SMILES string of the molecule is Cc1ccc(S(=O)(=O)N(CC(=O)N/N=C\c2cc(C)n(-c3ccccc3C)c2C)c2cc(Cl)cc(Cl)c2)cc1. The van der Waals surface area contributed by atoms with Crippen molar-refractivity contribution in [2.75, 3.05) is 10.8 Å². The fourth-order valence-electron chi connectivity index (χ4n) is 4.28. The first-order valence-corrected chi connectivity index (χ1v) is 14.3. The van der Waals surface area contributed by atoms with Gasteiger partial charge < -0.3 is 4.57 Å². The van der Waals surface area contributed by atoms with Crippen molar-refractivity contribution in [2.24, 2.45) is 5.10 Å². The quantitative estimate of drug-likeness (QED) is 0.194. The molecular weight excluding hydrogens is 555 g/mol. The van der Waals surface area contributed by atoms with E-state index in [0.717, 1.165) is 38.1 Å². The second-order valence-corrected chi connectivity index (χ2v) is 11.9. The molecule has 0 bridgehead atoms. The van der Waals surface area contributed by atoms with E-state index in [9.17, 15) is 13.2 Å². The van der Waals surface area contributed by atoms with E-state index >= 15 is 0 Å². The number of carbonyl (C=O) groups excluding carboxylic acids is 1. The minimum Gasteiger partial charge on any atom is -0.318 e. The van der Waals surface area contributed by atoms with Gasteiger partial charge in [-0.1, -0.05) is 59.1 Å². The van der Waals surface area contributed by atoms with E-state index in [2.05, 4.69) is 15.1 Å². The Hall–Kier alpha value is -3.59. The first kappa shape index (κ1) is 28.4. The van der Waals surface area contributed by atoms with Crippen LogP contribution in [0.1, 0.15) is 28.1 Å². The number of benzene rings is 3. The molecule has 0 radical (unpaired) electrons. The molecule has 0 saturated heterocycles. The van der Waals surface area contributed by atoms with Crippen molar-refractivity contribution >= 4 is 51.0 Å². The molecule has 4 rings (SSSR count). The van der Waals surface area contributed by atoms with Crippen LogP contribution in [0.25, 0.3) is 5.69 Å².